The number of esters is 1. The van der Waals surface area contributed by atoms with E-state index < -0.39 is 0 Å². The topological polar surface area (TPSA) is 56.1 Å². The monoisotopic (exact) mass is 271 g/mol. The Morgan fingerprint density at radius 1 is 1.35 bits per heavy atom. The molecule has 5 nitrogen and oxygen atoms in total. The minimum Gasteiger partial charge on any atom is -0.464 e. The minimum absolute atomic E-state index is 0.379. The van der Waals surface area contributed by atoms with E-state index in [4.69, 9.17) is 4.74 Å². The number of rotatable bonds is 2. The molecule has 1 aromatic heterocycles. The molecule has 0 atom stereocenters. The smallest absolute Gasteiger partial charge is 0.358 e. The molecule has 0 unspecified atom stereocenters. The van der Waals surface area contributed by atoms with Gasteiger partial charge < -0.3 is 10.1 Å². The van der Waals surface area contributed by atoms with Gasteiger partial charge in [-0.25, -0.2) is 9.48 Å². The van der Waals surface area contributed by atoms with Crippen molar-refractivity contribution in [3.63, 3.8) is 0 Å². The standard InChI is InChI=1S/C15H17N3O2/c1-10-3-5-11(6-4-10)18-13-7-8-16-9-12(13)14(17-18)15(19)20-2/h3-6,16H,7-9H2,1-2H3. The van der Waals surface area contributed by atoms with Crippen LogP contribution in [-0.2, 0) is 17.7 Å². The molecule has 0 saturated carbocycles. The summed E-state index contributed by atoms with van der Waals surface area (Å²) in [4.78, 5) is 11.9. The summed E-state index contributed by atoms with van der Waals surface area (Å²) in [6.45, 7) is 3.60. The number of aromatic nitrogens is 2. The quantitative estimate of drug-likeness (QED) is 0.843. The summed E-state index contributed by atoms with van der Waals surface area (Å²) in [5.41, 5.74) is 4.63. The molecule has 1 aliphatic rings. The summed E-state index contributed by atoms with van der Waals surface area (Å²) >= 11 is 0. The fourth-order valence-electron chi connectivity index (χ4n) is 2.51. The van der Waals surface area contributed by atoms with Crippen molar-refractivity contribution in [3.05, 3.63) is 46.8 Å². The Morgan fingerprint density at radius 3 is 2.80 bits per heavy atom. The van der Waals surface area contributed by atoms with E-state index in [0.717, 1.165) is 29.9 Å². The van der Waals surface area contributed by atoms with E-state index in [1.54, 1.807) is 0 Å². The average Bonchev–Trinajstić information content (AvgIpc) is 2.87. The number of ether oxygens (including phenoxy) is 1. The third-order valence-electron chi connectivity index (χ3n) is 3.59. The van der Waals surface area contributed by atoms with E-state index in [9.17, 15) is 4.79 Å². The molecule has 104 valence electrons. The summed E-state index contributed by atoms with van der Waals surface area (Å²) in [5.74, 6) is -0.379. The third-order valence-corrected chi connectivity index (χ3v) is 3.59. The van der Waals surface area contributed by atoms with E-state index in [-0.39, 0.29) is 5.97 Å². The first-order chi connectivity index (χ1) is 9.70. The maximum absolute atomic E-state index is 11.9. The number of fused-ring (bicyclic) bond motifs is 1. The summed E-state index contributed by atoms with van der Waals surface area (Å²) < 4.78 is 6.69. The second-order valence-corrected chi connectivity index (χ2v) is 4.94. The predicted octanol–water partition coefficient (Wildman–Crippen LogP) is 1.61. The molecule has 0 saturated heterocycles. The lowest BCUT2D eigenvalue weighted by Crippen LogP contribution is -2.25. The van der Waals surface area contributed by atoms with Crippen LogP contribution < -0.4 is 5.32 Å². The molecule has 0 aliphatic carbocycles. The van der Waals surface area contributed by atoms with Crippen LogP contribution in [0.25, 0.3) is 5.69 Å². The van der Waals surface area contributed by atoms with Crippen LogP contribution in [0.2, 0.25) is 0 Å². The summed E-state index contributed by atoms with van der Waals surface area (Å²) in [7, 11) is 1.38. The third kappa shape index (κ3) is 2.10. The Kier molecular flexibility index (Phi) is 3.28. The summed E-state index contributed by atoms with van der Waals surface area (Å²) in [6, 6.07) is 8.13. The van der Waals surface area contributed by atoms with Gasteiger partial charge in [-0.1, -0.05) is 17.7 Å². The van der Waals surface area contributed by atoms with Gasteiger partial charge in [-0.05, 0) is 19.1 Å². The Hall–Kier alpha value is -2.14. The van der Waals surface area contributed by atoms with Crippen molar-refractivity contribution in [2.24, 2.45) is 0 Å². The summed E-state index contributed by atoms with van der Waals surface area (Å²) in [5, 5.41) is 7.74. The maximum atomic E-state index is 11.9. The predicted molar refractivity (Wildman–Crippen MR) is 75.1 cm³/mol. The first-order valence-corrected chi connectivity index (χ1v) is 6.67. The molecular formula is C15H17N3O2. The Morgan fingerprint density at radius 2 is 2.10 bits per heavy atom. The molecule has 0 bridgehead atoms. The molecule has 3 rings (SSSR count). The van der Waals surface area contributed by atoms with Crippen LogP contribution in [0.15, 0.2) is 24.3 Å². The second kappa shape index (κ2) is 5.09. The van der Waals surface area contributed by atoms with Gasteiger partial charge in [0.25, 0.3) is 0 Å². The first kappa shape index (κ1) is 12.9. The van der Waals surface area contributed by atoms with E-state index in [1.165, 1.54) is 12.7 Å². The normalized spacial score (nSPS) is 13.9. The zero-order chi connectivity index (χ0) is 14.1. The molecule has 1 aliphatic heterocycles. The number of benzene rings is 1. The van der Waals surface area contributed by atoms with Crippen LogP contribution in [0.5, 0.6) is 0 Å². The number of carbonyl (C=O) groups excluding carboxylic acids is 1. The van der Waals surface area contributed by atoms with Crippen LogP contribution in [0.3, 0.4) is 0 Å². The Labute approximate surface area is 117 Å². The van der Waals surface area contributed by atoms with Gasteiger partial charge in [0.1, 0.15) is 0 Å². The van der Waals surface area contributed by atoms with Crippen molar-refractivity contribution in [1.29, 1.82) is 0 Å². The van der Waals surface area contributed by atoms with Gasteiger partial charge in [-0.2, -0.15) is 5.10 Å². The molecule has 1 aromatic carbocycles. The highest BCUT2D eigenvalue weighted by atomic mass is 16.5. The molecule has 0 spiro atoms. The van der Waals surface area contributed by atoms with Gasteiger partial charge in [-0.3, -0.25) is 0 Å². The zero-order valence-electron chi connectivity index (χ0n) is 11.6. The molecule has 1 N–H and O–H groups in total. The maximum Gasteiger partial charge on any atom is 0.358 e. The fraction of sp³-hybridized carbons (Fsp3) is 0.333. The molecular weight excluding hydrogens is 254 g/mol. The van der Waals surface area contributed by atoms with Crippen molar-refractivity contribution in [1.82, 2.24) is 15.1 Å². The van der Waals surface area contributed by atoms with Crippen LogP contribution >= 0.6 is 0 Å². The second-order valence-electron chi connectivity index (χ2n) is 4.94. The van der Waals surface area contributed by atoms with E-state index >= 15 is 0 Å². The lowest BCUT2D eigenvalue weighted by molar-refractivity contribution is 0.0592. The van der Waals surface area contributed by atoms with E-state index in [1.807, 2.05) is 35.9 Å². The number of nitrogens with one attached hydrogen (secondary N) is 1. The highest BCUT2D eigenvalue weighted by molar-refractivity contribution is 5.89. The van der Waals surface area contributed by atoms with Crippen molar-refractivity contribution in [2.75, 3.05) is 13.7 Å². The van der Waals surface area contributed by atoms with Crippen molar-refractivity contribution in [2.45, 2.75) is 19.9 Å². The number of carbonyl (C=O) groups is 1. The minimum atomic E-state index is -0.379. The Balaban J connectivity index is 2.13. The van der Waals surface area contributed by atoms with Gasteiger partial charge >= 0.3 is 5.97 Å². The average molecular weight is 271 g/mol. The van der Waals surface area contributed by atoms with Crippen molar-refractivity contribution in [3.8, 4) is 5.69 Å². The highest BCUT2D eigenvalue weighted by Gasteiger charge is 2.25. The van der Waals surface area contributed by atoms with Crippen LogP contribution in [0.4, 0.5) is 0 Å². The Bertz CT molecular complexity index is 644. The van der Waals surface area contributed by atoms with E-state index in [2.05, 4.69) is 10.4 Å². The lowest BCUT2D eigenvalue weighted by Gasteiger charge is -2.15. The number of hydrogen-bond acceptors (Lipinski definition) is 4. The van der Waals surface area contributed by atoms with Crippen LogP contribution in [0.1, 0.15) is 27.3 Å². The van der Waals surface area contributed by atoms with Crippen molar-refractivity contribution >= 4 is 5.97 Å². The number of methoxy groups -OCH3 is 1. The summed E-state index contributed by atoms with van der Waals surface area (Å²) in [6.07, 6.45) is 0.854. The molecule has 2 aromatic rings. The lowest BCUT2D eigenvalue weighted by atomic mass is 10.1. The SMILES string of the molecule is COC(=O)c1nn(-c2ccc(C)cc2)c2c1CNCC2. The molecule has 0 radical (unpaired) electrons. The van der Waals surface area contributed by atoms with E-state index in [0.29, 0.717) is 12.2 Å². The van der Waals surface area contributed by atoms with Crippen LogP contribution in [-0.4, -0.2) is 29.4 Å². The van der Waals surface area contributed by atoms with Crippen molar-refractivity contribution < 1.29 is 9.53 Å². The van der Waals surface area contributed by atoms with Gasteiger partial charge in [0.15, 0.2) is 5.69 Å². The molecule has 2 heterocycles. The van der Waals surface area contributed by atoms with Crippen LogP contribution in [0, 0.1) is 6.92 Å². The van der Waals surface area contributed by atoms with Gasteiger partial charge in [0.05, 0.1) is 18.5 Å². The van der Waals surface area contributed by atoms with Gasteiger partial charge in [0, 0.05) is 25.1 Å². The van der Waals surface area contributed by atoms with Gasteiger partial charge in [-0.15, -0.1) is 0 Å². The number of aryl methyl sites for hydroxylation is 1. The molecule has 5 heteroatoms. The highest BCUT2D eigenvalue weighted by Crippen LogP contribution is 2.22. The molecule has 0 fully saturated rings. The fourth-order valence-corrected chi connectivity index (χ4v) is 2.51. The number of hydrogen-bond donors (Lipinski definition) is 1. The van der Waals surface area contributed by atoms with Gasteiger partial charge in [0.2, 0.25) is 0 Å². The zero-order valence-corrected chi connectivity index (χ0v) is 11.6. The molecule has 0 amide bonds. The molecule has 20 heavy (non-hydrogen) atoms. The number of nitrogens with zero attached hydrogens (tertiary/aromatic N) is 2. The first-order valence-electron chi connectivity index (χ1n) is 6.67. The largest absolute Gasteiger partial charge is 0.464 e.